The Morgan fingerprint density at radius 2 is 2.24 bits per heavy atom. The molecule has 0 bridgehead atoms. The Hall–Kier alpha value is -0.240. The molecule has 1 aliphatic heterocycles. The lowest BCUT2D eigenvalue weighted by Gasteiger charge is -2.17. The molecule has 0 aromatic rings. The van der Waals surface area contributed by atoms with Crippen molar-refractivity contribution >= 4 is 0 Å². The van der Waals surface area contributed by atoms with Gasteiger partial charge in [-0.25, -0.2) is 0 Å². The van der Waals surface area contributed by atoms with Crippen molar-refractivity contribution in [3.63, 3.8) is 0 Å². The van der Waals surface area contributed by atoms with Gasteiger partial charge in [-0.05, 0) is 6.42 Å². The van der Waals surface area contributed by atoms with E-state index in [1.807, 2.05) is 0 Å². The third-order valence-corrected chi connectivity index (χ3v) is 2.79. The number of hydrogen-bond acceptors (Lipinski definition) is 6. The topological polar surface area (TPSA) is 91.2 Å². The molecule has 0 saturated carbocycles. The minimum Gasteiger partial charge on any atom is -0.394 e. The third-order valence-electron chi connectivity index (χ3n) is 2.79. The summed E-state index contributed by atoms with van der Waals surface area (Å²) in [6, 6.07) is 0. The van der Waals surface area contributed by atoms with E-state index in [4.69, 9.17) is 14.7 Å². The summed E-state index contributed by atoms with van der Waals surface area (Å²) in [5.74, 6) is 0. The van der Waals surface area contributed by atoms with Gasteiger partial charge in [0.25, 0.3) is 0 Å². The highest BCUT2D eigenvalue weighted by Crippen LogP contribution is 2.23. The van der Waals surface area contributed by atoms with Crippen molar-refractivity contribution in [3.8, 4) is 0 Å². The molecule has 1 rings (SSSR count). The summed E-state index contributed by atoms with van der Waals surface area (Å²) in [5.41, 5.74) is 2.74. The van der Waals surface area contributed by atoms with Crippen LogP contribution in [0.1, 0.15) is 32.6 Å². The van der Waals surface area contributed by atoms with Crippen molar-refractivity contribution in [3.05, 3.63) is 0 Å². The first kappa shape index (κ1) is 14.8. The van der Waals surface area contributed by atoms with Crippen molar-refractivity contribution in [1.82, 2.24) is 5.48 Å². The van der Waals surface area contributed by atoms with Crippen LogP contribution >= 0.6 is 0 Å². The number of rotatable bonds is 8. The largest absolute Gasteiger partial charge is 0.394 e. The Morgan fingerprint density at radius 3 is 2.88 bits per heavy atom. The van der Waals surface area contributed by atoms with Crippen molar-refractivity contribution in [2.45, 2.75) is 57.2 Å². The van der Waals surface area contributed by atoms with Gasteiger partial charge in [0, 0.05) is 13.0 Å². The molecular weight excluding hydrogens is 226 g/mol. The summed E-state index contributed by atoms with van der Waals surface area (Å²) < 4.78 is 5.29. The number of ether oxygens (including phenoxy) is 1. The zero-order chi connectivity index (χ0) is 12.7. The average Bonchev–Trinajstić information content (AvgIpc) is 2.70. The van der Waals surface area contributed by atoms with E-state index in [1.165, 1.54) is 0 Å². The van der Waals surface area contributed by atoms with Gasteiger partial charge in [-0.15, -0.1) is 0 Å². The van der Waals surface area contributed by atoms with E-state index in [0.717, 1.165) is 19.3 Å². The normalized spacial score (nSPS) is 30.7. The van der Waals surface area contributed by atoms with Crippen LogP contribution in [0.5, 0.6) is 0 Å². The fourth-order valence-electron chi connectivity index (χ4n) is 1.73. The van der Waals surface area contributed by atoms with E-state index in [9.17, 15) is 10.2 Å². The molecule has 0 amide bonds. The Labute approximate surface area is 101 Å². The predicted octanol–water partition coefficient (Wildman–Crippen LogP) is -0.473. The number of hydrogen-bond donors (Lipinski definition) is 4. The van der Waals surface area contributed by atoms with Gasteiger partial charge < -0.3 is 20.1 Å². The standard InChI is InChI=1S/C11H23NO5/c1-2-3-4-5-12-17-11-8(14)6-10(16-11)9(15)7-13/h8-15H,2-7H2,1H3/t8-,9-,10+,11?/m1/s1. The molecular formula is C11H23NO5. The summed E-state index contributed by atoms with van der Waals surface area (Å²) in [6.45, 7) is 2.44. The first-order valence-electron chi connectivity index (χ1n) is 6.20. The maximum absolute atomic E-state index is 9.62. The Kier molecular flexibility index (Phi) is 6.94. The first-order valence-corrected chi connectivity index (χ1v) is 6.20. The summed E-state index contributed by atoms with van der Waals surface area (Å²) in [7, 11) is 0. The zero-order valence-electron chi connectivity index (χ0n) is 10.2. The quantitative estimate of drug-likeness (QED) is 0.343. The van der Waals surface area contributed by atoms with Gasteiger partial charge in [0.2, 0.25) is 6.29 Å². The monoisotopic (exact) mass is 249 g/mol. The fourth-order valence-corrected chi connectivity index (χ4v) is 1.73. The van der Waals surface area contributed by atoms with E-state index in [2.05, 4.69) is 12.4 Å². The maximum Gasteiger partial charge on any atom is 0.203 e. The van der Waals surface area contributed by atoms with Crippen LogP contribution in [0.25, 0.3) is 0 Å². The highest BCUT2D eigenvalue weighted by atomic mass is 16.8. The summed E-state index contributed by atoms with van der Waals surface area (Å²) in [5, 5.41) is 27.8. The molecule has 4 atom stereocenters. The Balaban J connectivity index is 2.17. The minimum atomic E-state index is -0.974. The van der Waals surface area contributed by atoms with Crippen molar-refractivity contribution in [2.75, 3.05) is 13.2 Å². The van der Waals surface area contributed by atoms with Gasteiger partial charge in [0.15, 0.2) is 0 Å². The molecule has 0 aromatic carbocycles. The minimum absolute atomic E-state index is 0.267. The van der Waals surface area contributed by atoms with E-state index < -0.39 is 24.6 Å². The lowest BCUT2D eigenvalue weighted by Crippen LogP contribution is -2.33. The number of aliphatic hydroxyl groups is 3. The highest BCUT2D eigenvalue weighted by Gasteiger charge is 2.38. The number of aliphatic hydroxyl groups excluding tert-OH is 3. The average molecular weight is 249 g/mol. The molecule has 17 heavy (non-hydrogen) atoms. The van der Waals surface area contributed by atoms with E-state index in [0.29, 0.717) is 6.54 Å². The van der Waals surface area contributed by atoms with Gasteiger partial charge in [-0.1, -0.05) is 19.8 Å². The molecule has 1 fully saturated rings. The van der Waals surface area contributed by atoms with Gasteiger partial charge in [-0.3, -0.25) is 4.84 Å². The second-order valence-electron chi connectivity index (χ2n) is 4.32. The molecule has 0 radical (unpaired) electrons. The Morgan fingerprint density at radius 1 is 1.47 bits per heavy atom. The van der Waals surface area contributed by atoms with Gasteiger partial charge in [0.1, 0.15) is 12.2 Å². The second-order valence-corrected chi connectivity index (χ2v) is 4.32. The van der Waals surface area contributed by atoms with Crippen LogP contribution in [0.3, 0.4) is 0 Å². The van der Waals surface area contributed by atoms with Crippen LogP contribution in [0.15, 0.2) is 0 Å². The molecule has 0 aliphatic carbocycles. The lowest BCUT2D eigenvalue weighted by molar-refractivity contribution is -0.209. The van der Waals surface area contributed by atoms with Crippen molar-refractivity contribution in [2.24, 2.45) is 0 Å². The van der Waals surface area contributed by atoms with Crippen LogP contribution in [0.2, 0.25) is 0 Å². The van der Waals surface area contributed by atoms with Crippen LogP contribution in [0.4, 0.5) is 0 Å². The van der Waals surface area contributed by atoms with Gasteiger partial charge in [-0.2, -0.15) is 5.48 Å². The molecule has 1 saturated heterocycles. The van der Waals surface area contributed by atoms with Gasteiger partial charge >= 0.3 is 0 Å². The molecule has 1 aliphatic rings. The third kappa shape index (κ3) is 4.87. The Bertz CT molecular complexity index is 204. The highest BCUT2D eigenvalue weighted by molar-refractivity contribution is 4.81. The molecule has 6 nitrogen and oxygen atoms in total. The summed E-state index contributed by atoms with van der Waals surface area (Å²) in [6.07, 6.45) is 0.426. The second kappa shape index (κ2) is 7.97. The predicted molar refractivity (Wildman–Crippen MR) is 61.0 cm³/mol. The van der Waals surface area contributed by atoms with Crippen LogP contribution in [-0.2, 0) is 9.57 Å². The number of unbranched alkanes of at least 4 members (excludes halogenated alkanes) is 2. The van der Waals surface area contributed by atoms with E-state index in [-0.39, 0.29) is 13.0 Å². The van der Waals surface area contributed by atoms with Crippen molar-refractivity contribution < 1.29 is 24.9 Å². The smallest absolute Gasteiger partial charge is 0.203 e. The van der Waals surface area contributed by atoms with Gasteiger partial charge in [0.05, 0.1) is 12.7 Å². The molecule has 102 valence electrons. The molecule has 4 N–H and O–H groups in total. The molecule has 6 heteroatoms. The lowest BCUT2D eigenvalue weighted by atomic mass is 10.1. The first-order chi connectivity index (χ1) is 8.19. The fraction of sp³-hybridized carbons (Fsp3) is 1.00. The number of hydroxylamine groups is 1. The van der Waals surface area contributed by atoms with Crippen LogP contribution in [0, 0.1) is 0 Å². The van der Waals surface area contributed by atoms with E-state index >= 15 is 0 Å². The summed E-state index contributed by atoms with van der Waals surface area (Å²) >= 11 is 0. The molecule has 0 aromatic heterocycles. The van der Waals surface area contributed by atoms with Crippen LogP contribution < -0.4 is 5.48 Å². The number of nitrogens with one attached hydrogen (secondary N) is 1. The summed E-state index contributed by atoms with van der Waals surface area (Å²) in [4.78, 5) is 5.17. The van der Waals surface area contributed by atoms with E-state index in [1.54, 1.807) is 0 Å². The zero-order valence-corrected chi connectivity index (χ0v) is 10.2. The van der Waals surface area contributed by atoms with Crippen LogP contribution in [-0.4, -0.2) is 53.1 Å². The maximum atomic E-state index is 9.62. The molecule has 1 unspecified atom stereocenters. The SMILES string of the molecule is CCCCCNOC1O[C@H]([C@H](O)CO)C[C@H]1O. The molecule has 1 heterocycles. The van der Waals surface area contributed by atoms with Crippen molar-refractivity contribution in [1.29, 1.82) is 0 Å². The molecule has 0 spiro atoms.